The van der Waals surface area contributed by atoms with Crippen molar-refractivity contribution in [2.45, 2.75) is 84.2 Å². The SMILES string of the molecule is Cc1cccc(C)c1-c1cc2nc(n1)NS(=O)(=O)c1cccc(c1)C(=O)N(CCC1CCN(C(C)C)CC1)[C@H](CC(C)C)CO2.Cl. The van der Waals surface area contributed by atoms with Crippen molar-refractivity contribution >= 4 is 34.3 Å². The number of halogens is 1. The Morgan fingerprint density at radius 1 is 0.978 bits per heavy atom. The molecule has 46 heavy (non-hydrogen) atoms. The van der Waals surface area contributed by atoms with E-state index in [4.69, 9.17) is 4.74 Å². The lowest BCUT2D eigenvalue weighted by Crippen LogP contribution is -2.46. The minimum Gasteiger partial charge on any atom is -0.475 e. The van der Waals surface area contributed by atoms with Gasteiger partial charge in [-0.15, -0.1) is 12.4 Å². The Balaban J connectivity index is 0.00000480. The lowest BCUT2D eigenvalue weighted by atomic mass is 9.92. The highest BCUT2D eigenvalue weighted by atomic mass is 35.5. The number of hydrogen-bond acceptors (Lipinski definition) is 7. The Labute approximate surface area is 280 Å². The first-order chi connectivity index (χ1) is 21.4. The van der Waals surface area contributed by atoms with Crippen LogP contribution in [-0.2, 0) is 10.0 Å². The van der Waals surface area contributed by atoms with Gasteiger partial charge in [-0.1, -0.05) is 38.1 Å². The van der Waals surface area contributed by atoms with Crippen LogP contribution in [0, 0.1) is 25.7 Å². The summed E-state index contributed by atoms with van der Waals surface area (Å²) in [5.74, 6) is 0.825. The van der Waals surface area contributed by atoms with Crippen molar-refractivity contribution in [1.29, 1.82) is 0 Å². The molecule has 11 heteroatoms. The van der Waals surface area contributed by atoms with Gasteiger partial charge in [-0.3, -0.25) is 4.79 Å². The topological polar surface area (TPSA) is 105 Å². The maximum atomic E-state index is 14.2. The van der Waals surface area contributed by atoms with Gasteiger partial charge in [0.15, 0.2) is 0 Å². The van der Waals surface area contributed by atoms with Gasteiger partial charge in [-0.25, -0.2) is 18.1 Å². The molecule has 1 N–H and O–H groups in total. The first-order valence-corrected chi connectivity index (χ1v) is 17.7. The molecule has 2 aromatic carbocycles. The number of rotatable bonds is 7. The number of benzene rings is 2. The average molecular weight is 670 g/mol. The zero-order valence-corrected chi connectivity index (χ0v) is 29.5. The fourth-order valence-corrected chi connectivity index (χ4v) is 7.56. The molecule has 0 aliphatic carbocycles. The van der Waals surface area contributed by atoms with E-state index in [9.17, 15) is 13.2 Å². The molecule has 0 spiro atoms. The average Bonchev–Trinajstić information content (AvgIpc) is 2.99. The molecular weight excluding hydrogens is 622 g/mol. The number of carbonyl (C=O) groups excluding carboxylic acids is 1. The molecule has 0 unspecified atom stereocenters. The maximum absolute atomic E-state index is 14.2. The smallest absolute Gasteiger partial charge is 0.264 e. The number of fused-ring (bicyclic) bond motifs is 4. The number of sulfonamides is 1. The van der Waals surface area contributed by atoms with Crippen molar-refractivity contribution in [2.75, 3.05) is 31.0 Å². The number of carbonyl (C=O) groups is 1. The van der Waals surface area contributed by atoms with Crippen LogP contribution < -0.4 is 9.46 Å². The summed E-state index contributed by atoms with van der Waals surface area (Å²) in [5.41, 5.74) is 3.82. The monoisotopic (exact) mass is 669 g/mol. The van der Waals surface area contributed by atoms with E-state index >= 15 is 0 Å². The highest BCUT2D eigenvalue weighted by molar-refractivity contribution is 7.92. The molecule has 2 aliphatic heterocycles. The fourth-order valence-electron chi connectivity index (χ4n) is 6.57. The fraction of sp³-hybridized carbons (Fsp3) is 0.514. The Kier molecular flexibility index (Phi) is 11.7. The maximum Gasteiger partial charge on any atom is 0.264 e. The predicted molar refractivity (Wildman–Crippen MR) is 185 cm³/mol. The van der Waals surface area contributed by atoms with Gasteiger partial charge in [-0.2, -0.15) is 4.98 Å². The number of likely N-dealkylation sites (tertiary alicyclic amines) is 1. The van der Waals surface area contributed by atoms with Crippen LogP contribution in [0.25, 0.3) is 11.3 Å². The molecule has 0 radical (unpaired) electrons. The Bertz CT molecular complexity index is 1600. The van der Waals surface area contributed by atoms with Gasteiger partial charge >= 0.3 is 0 Å². The molecule has 1 fully saturated rings. The number of nitrogens with zero attached hydrogens (tertiary/aromatic N) is 4. The summed E-state index contributed by atoms with van der Waals surface area (Å²) < 4.78 is 36.1. The summed E-state index contributed by atoms with van der Waals surface area (Å²) in [7, 11) is -4.10. The number of amides is 1. The zero-order chi connectivity index (χ0) is 32.3. The van der Waals surface area contributed by atoms with Crippen LogP contribution in [0.2, 0.25) is 0 Å². The molecule has 3 aromatic rings. The molecule has 5 rings (SSSR count). The molecule has 1 atom stereocenters. The van der Waals surface area contributed by atoms with E-state index in [-0.39, 0.29) is 47.7 Å². The van der Waals surface area contributed by atoms with E-state index in [1.165, 1.54) is 12.1 Å². The Morgan fingerprint density at radius 3 is 2.30 bits per heavy atom. The number of anilines is 1. The molecule has 3 heterocycles. The van der Waals surface area contributed by atoms with Crippen LogP contribution >= 0.6 is 12.4 Å². The van der Waals surface area contributed by atoms with Gasteiger partial charge in [-0.05, 0) is 108 Å². The van der Waals surface area contributed by atoms with Gasteiger partial charge in [0.05, 0.1) is 16.6 Å². The molecule has 1 amide bonds. The van der Waals surface area contributed by atoms with E-state index in [1.54, 1.807) is 18.2 Å². The lowest BCUT2D eigenvalue weighted by molar-refractivity contribution is 0.0540. The standard InChI is InChI=1S/C35H47N5O4S.ClH/c1-23(2)19-29-22-44-32-21-31(33-25(5)9-7-10-26(33)6)36-35(37-32)38-45(42,43)30-12-8-11-28(20-30)34(41)40(29)18-15-27-13-16-39(17-14-27)24(3)4;/h7-12,20-21,23-24,27,29H,13-19,22H2,1-6H3,(H,36,37,38);1H/t29-;/m1./s1. The highest BCUT2D eigenvalue weighted by Gasteiger charge is 2.30. The molecular formula is C35H48ClN5O4S. The number of hydrogen-bond donors (Lipinski definition) is 1. The van der Waals surface area contributed by atoms with Crippen molar-refractivity contribution in [3.8, 4) is 17.1 Å². The number of nitrogens with one attached hydrogen (secondary N) is 1. The van der Waals surface area contributed by atoms with Crippen molar-refractivity contribution in [2.24, 2.45) is 11.8 Å². The third-order valence-electron chi connectivity index (χ3n) is 9.08. The minimum absolute atomic E-state index is 0. The van der Waals surface area contributed by atoms with Crippen molar-refractivity contribution in [1.82, 2.24) is 19.8 Å². The zero-order valence-electron chi connectivity index (χ0n) is 27.8. The summed E-state index contributed by atoms with van der Waals surface area (Å²) in [4.78, 5) is 27.8. The third-order valence-corrected chi connectivity index (χ3v) is 10.4. The molecule has 1 saturated heterocycles. The van der Waals surface area contributed by atoms with Crippen LogP contribution in [-0.4, -0.2) is 72.4 Å². The van der Waals surface area contributed by atoms with Crippen LogP contribution in [0.5, 0.6) is 5.88 Å². The summed E-state index contributed by atoms with van der Waals surface area (Å²) >= 11 is 0. The summed E-state index contributed by atoms with van der Waals surface area (Å²) in [6.07, 6.45) is 3.83. The molecule has 4 bridgehead atoms. The van der Waals surface area contributed by atoms with Gasteiger partial charge in [0.25, 0.3) is 15.9 Å². The highest BCUT2D eigenvalue weighted by Crippen LogP contribution is 2.31. The van der Waals surface area contributed by atoms with Crippen molar-refractivity contribution < 1.29 is 17.9 Å². The van der Waals surface area contributed by atoms with Crippen LogP contribution in [0.15, 0.2) is 53.4 Å². The second-order valence-electron chi connectivity index (χ2n) is 13.3. The van der Waals surface area contributed by atoms with E-state index in [2.05, 4.69) is 47.3 Å². The van der Waals surface area contributed by atoms with Gasteiger partial charge in [0.2, 0.25) is 11.8 Å². The second kappa shape index (κ2) is 15.1. The largest absolute Gasteiger partial charge is 0.475 e. The molecule has 1 aromatic heterocycles. The number of ether oxygens (including phenoxy) is 1. The normalized spacial score (nSPS) is 19.0. The summed E-state index contributed by atoms with van der Waals surface area (Å²) in [5, 5.41) is 0. The van der Waals surface area contributed by atoms with Crippen LogP contribution in [0.3, 0.4) is 0 Å². The first-order valence-electron chi connectivity index (χ1n) is 16.2. The van der Waals surface area contributed by atoms with E-state index < -0.39 is 10.0 Å². The van der Waals surface area contributed by atoms with Crippen molar-refractivity contribution in [3.63, 3.8) is 0 Å². The van der Waals surface area contributed by atoms with E-state index in [1.807, 2.05) is 36.9 Å². The lowest BCUT2D eigenvalue weighted by Gasteiger charge is -2.37. The molecule has 0 saturated carbocycles. The predicted octanol–water partition coefficient (Wildman–Crippen LogP) is 6.74. The van der Waals surface area contributed by atoms with Crippen molar-refractivity contribution in [3.05, 3.63) is 65.2 Å². The Hall–Kier alpha value is -3.21. The van der Waals surface area contributed by atoms with E-state index in [0.29, 0.717) is 35.7 Å². The van der Waals surface area contributed by atoms with Gasteiger partial charge in [0, 0.05) is 29.8 Å². The van der Waals surface area contributed by atoms with E-state index in [0.717, 1.165) is 55.5 Å². The summed E-state index contributed by atoms with van der Waals surface area (Å²) in [6, 6.07) is 14.3. The van der Waals surface area contributed by atoms with Crippen LogP contribution in [0.1, 0.15) is 74.9 Å². The minimum atomic E-state index is -4.10. The number of aryl methyl sites for hydroxylation is 2. The molecule has 9 nitrogen and oxygen atoms in total. The first kappa shape index (κ1) is 35.6. The Morgan fingerprint density at radius 2 is 1.65 bits per heavy atom. The number of piperidine rings is 1. The van der Waals surface area contributed by atoms with Gasteiger partial charge in [0.1, 0.15) is 6.61 Å². The van der Waals surface area contributed by atoms with Crippen LogP contribution in [0.4, 0.5) is 5.95 Å². The molecule has 2 aliphatic rings. The third kappa shape index (κ3) is 8.38. The number of aromatic nitrogens is 2. The second-order valence-corrected chi connectivity index (χ2v) is 15.0. The molecule has 250 valence electrons. The quantitative estimate of drug-likeness (QED) is 0.297. The summed E-state index contributed by atoms with van der Waals surface area (Å²) in [6.45, 7) is 15.7. The van der Waals surface area contributed by atoms with Gasteiger partial charge < -0.3 is 14.5 Å².